The lowest BCUT2D eigenvalue weighted by Gasteiger charge is -2.34. The normalized spacial score (nSPS) is 13.5. The van der Waals surface area contributed by atoms with Crippen molar-refractivity contribution < 1.29 is 19.0 Å². The third-order valence-corrected chi connectivity index (χ3v) is 11.6. The predicted molar refractivity (Wildman–Crippen MR) is 217 cm³/mol. The summed E-state index contributed by atoms with van der Waals surface area (Å²) >= 11 is 0. The van der Waals surface area contributed by atoms with Crippen LogP contribution in [0.5, 0.6) is 5.75 Å². The van der Waals surface area contributed by atoms with Gasteiger partial charge in [0.1, 0.15) is 24.9 Å². The lowest BCUT2D eigenvalue weighted by atomic mass is 10.2. The molecule has 13 nitrogen and oxygen atoms in total. The Kier molecular flexibility index (Phi) is 11.6. The molecule has 1 fully saturated rings. The smallest absolute Gasteiger partial charge is 0.410 e. The number of rotatable bonds is 15. The second kappa shape index (κ2) is 16.9. The minimum atomic E-state index is -1.26. The summed E-state index contributed by atoms with van der Waals surface area (Å²) in [7, 11) is 0.413. The van der Waals surface area contributed by atoms with Crippen LogP contribution in [0.1, 0.15) is 29.4 Å². The number of methoxy groups -OCH3 is 1. The molecule has 14 heteroatoms. The van der Waals surface area contributed by atoms with Crippen LogP contribution in [0.3, 0.4) is 0 Å². The number of anilines is 2. The molecule has 288 valence electrons. The molecular formula is C41H51N9O4Si. The second-order valence-corrected chi connectivity index (χ2v) is 20.7. The highest BCUT2D eigenvalue weighted by Gasteiger charge is 2.27. The molecule has 0 N–H and O–H groups in total. The number of imidazole rings is 1. The molecule has 55 heavy (non-hydrogen) atoms. The van der Waals surface area contributed by atoms with Crippen molar-refractivity contribution in [2.24, 2.45) is 0 Å². The van der Waals surface area contributed by atoms with E-state index >= 15 is 0 Å². The number of hydrogen-bond acceptors (Lipinski definition) is 10. The van der Waals surface area contributed by atoms with Crippen molar-refractivity contribution in [2.45, 2.75) is 65.5 Å². The number of nitrogens with zero attached hydrogens (tertiary/aromatic N) is 9. The highest BCUT2D eigenvalue weighted by atomic mass is 28.3. The monoisotopic (exact) mass is 761 g/mol. The van der Waals surface area contributed by atoms with Crippen LogP contribution in [0.4, 0.5) is 16.7 Å². The van der Waals surface area contributed by atoms with Crippen molar-refractivity contribution >= 4 is 42.7 Å². The van der Waals surface area contributed by atoms with Crippen molar-refractivity contribution in [1.29, 1.82) is 0 Å². The zero-order valence-corrected chi connectivity index (χ0v) is 33.5. The third kappa shape index (κ3) is 9.09. The molecule has 0 radical (unpaired) electrons. The van der Waals surface area contributed by atoms with Crippen molar-refractivity contribution in [3.05, 3.63) is 108 Å². The first kappa shape index (κ1) is 37.8. The molecule has 0 unspecified atom stereocenters. The summed E-state index contributed by atoms with van der Waals surface area (Å²) in [5, 5.41) is 4.83. The summed E-state index contributed by atoms with van der Waals surface area (Å²) < 4.78 is 21.5. The maximum absolute atomic E-state index is 13.0. The molecule has 1 saturated heterocycles. The maximum Gasteiger partial charge on any atom is 0.410 e. The number of ether oxygens (including phenoxy) is 3. The van der Waals surface area contributed by atoms with Gasteiger partial charge in [-0.1, -0.05) is 81.2 Å². The lowest BCUT2D eigenvalue weighted by molar-refractivity contribution is 0.0878. The molecule has 1 aliphatic rings. The van der Waals surface area contributed by atoms with E-state index in [9.17, 15) is 4.79 Å². The topological polar surface area (TPSA) is 115 Å². The molecule has 0 bridgehead atoms. The first-order chi connectivity index (χ1) is 26.7. The van der Waals surface area contributed by atoms with E-state index in [0.717, 1.165) is 57.4 Å². The van der Waals surface area contributed by atoms with E-state index < -0.39 is 8.07 Å². The van der Waals surface area contributed by atoms with Crippen LogP contribution in [-0.4, -0.2) is 88.1 Å². The summed E-state index contributed by atoms with van der Waals surface area (Å²) in [6.07, 6.45) is 2.33. The Morgan fingerprint density at radius 3 is 2.33 bits per heavy atom. The number of benzene rings is 3. The average Bonchev–Trinajstić information content (AvgIpc) is 3.79. The maximum atomic E-state index is 13.0. The Morgan fingerprint density at radius 1 is 0.855 bits per heavy atom. The first-order valence-electron chi connectivity index (χ1n) is 19.0. The molecule has 1 amide bonds. The van der Waals surface area contributed by atoms with Gasteiger partial charge in [-0.15, -0.1) is 0 Å². The van der Waals surface area contributed by atoms with Crippen LogP contribution in [0, 0.1) is 0 Å². The van der Waals surface area contributed by atoms with E-state index in [4.69, 9.17) is 34.3 Å². The van der Waals surface area contributed by atoms with Gasteiger partial charge in [0, 0.05) is 53.0 Å². The Labute approximate surface area is 323 Å². The quantitative estimate of drug-likeness (QED) is 0.0799. The zero-order valence-electron chi connectivity index (χ0n) is 32.5. The SMILES string of the molecule is CCc1cnn2c(N(Cc3ccc(OC)cc3)Cc3nc4ccccc4n3COCC[Si](C)(C)C)nc(N3CCN(C(=O)OCc4ccccc4)CC3)nc12. The number of fused-ring (bicyclic) bond motifs is 2. The van der Waals surface area contributed by atoms with Gasteiger partial charge in [0.25, 0.3) is 0 Å². The van der Waals surface area contributed by atoms with Crippen LogP contribution in [0.15, 0.2) is 85.1 Å². The molecule has 0 saturated carbocycles. The number of aromatic nitrogens is 6. The van der Waals surface area contributed by atoms with Crippen molar-refractivity contribution in [2.75, 3.05) is 49.7 Å². The van der Waals surface area contributed by atoms with Crippen LogP contribution in [0.25, 0.3) is 16.7 Å². The largest absolute Gasteiger partial charge is 0.497 e. The van der Waals surface area contributed by atoms with Crippen LogP contribution in [0.2, 0.25) is 25.7 Å². The molecule has 0 spiro atoms. The number of carbonyl (C=O) groups excluding carboxylic acids is 1. The summed E-state index contributed by atoms with van der Waals surface area (Å²) in [5.74, 6) is 2.90. The number of hydrogen-bond donors (Lipinski definition) is 0. The van der Waals surface area contributed by atoms with Gasteiger partial charge in [0.2, 0.25) is 11.9 Å². The van der Waals surface area contributed by atoms with Crippen LogP contribution < -0.4 is 14.5 Å². The molecule has 4 heterocycles. The second-order valence-electron chi connectivity index (χ2n) is 15.1. The predicted octanol–water partition coefficient (Wildman–Crippen LogP) is 7.02. The molecule has 3 aromatic heterocycles. The fraction of sp³-hybridized carbons (Fsp3) is 0.390. The van der Waals surface area contributed by atoms with Gasteiger partial charge in [0.05, 0.1) is 30.9 Å². The van der Waals surface area contributed by atoms with Crippen LogP contribution in [-0.2, 0) is 42.3 Å². The molecule has 7 rings (SSSR count). The van der Waals surface area contributed by atoms with Crippen LogP contribution >= 0.6 is 0 Å². The van der Waals surface area contributed by atoms with Crippen molar-refractivity contribution in [3.8, 4) is 5.75 Å². The lowest BCUT2D eigenvalue weighted by Crippen LogP contribution is -2.49. The van der Waals surface area contributed by atoms with Gasteiger partial charge in [-0.25, -0.2) is 9.78 Å². The molecule has 3 aromatic carbocycles. The highest BCUT2D eigenvalue weighted by molar-refractivity contribution is 6.76. The average molecular weight is 762 g/mol. The van der Waals surface area contributed by atoms with Crippen molar-refractivity contribution in [3.63, 3.8) is 0 Å². The Morgan fingerprint density at radius 2 is 1.60 bits per heavy atom. The zero-order chi connectivity index (χ0) is 38.4. The highest BCUT2D eigenvalue weighted by Crippen LogP contribution is 2.27. The van der Waals surface area contributed by atoms with Gasteiger partial charge in [-0.2, -0.15) is 19.6 Å². The minimum absolute atomic E-state index is 0.243. The number of piperazine rings is 1. The van der Waals surface area contributed by atoms with E-state index in [-0.39, 0.29) is 12.7 Å². The molecule has 6 aromatic rings. The van der Waals surface area contributed by atoms with E-state index in [0.29, 0.717) is 64.5 Å². The third-order valence-electron chi connectivity index (χ3n) is 9.92. The van der Waals surface area contributed by atoms with Gasteiger partial charge in [-0.05, 0) is 47.9 Å². The standard InChI is InChI=1S/C41H51N9O4Si/c1-6-33-26-42-50-38(33)44-39(46-20-22-47(23-21-46)41(51)54-29-32-12-8-7-9-13-32)45-40(50)48(27-31-16-18-34(52-2)19-17-31)28-37-43-35-14-10-11-15-36(35)49(37)30-53-24-25-55(3,4)5/h7-19,26H,6,20-25,27-30H2,1-5H3. The van der Waals surface area contributed by atoms with Gasteiger partial charge < -0.3 is 33.5 Å². The fourth-order valence-electron chi connectivity index (χ4n) is 6.64. The van der Waals surface area contributed by atoms with Gasteiger partial charge in [-0.3, -0.25) is 0 Å². The Balaban J connectivity index is 1.20. The first-order valence-corrected chi connectivity index (χ1v) is 22.7. The van der Waals surface area contributed by atoms with E-state index in [1.165, 1.54) is 0 Å². The summed E-state index contributed by atoms with van der Waals surface area (Å²) in [4.78, 5) is 34.6. The van der Waals surface area contributed by atoms with E-state index in [2.05, 4.69) is 59.1 Å². The Hall–Kier alpha value is -5.47. The van der Waals surface area contributed by atoms with E-state index in [1.54, 1.807) is 12.0 Å². The summed E-state index contributed by atoms with van der Waals surface area (Å²) in [5.41, 5.74) is 5.76. The minimum Gasteiger partial charge on any atom is -0.497 e. The molecule has 0 atom stereocenters. The van der Waals surface area contributed by atoms with Gasteiger partial charge in [0.15, 0.2) is 5.65 Å². The van der Waals surface area contributed by atoms with E-state index in [1.807, 2.05) is 71.4 Å². The fourth-order valence-corrected chi connectivity index (χ4v) is 7.39. The Bertz CT molecular complexity index is 2190. The molecule has 0 aliphatic carbocycles. The van der Waals surface area contributed by atoms with Crippen molar-refractivity contribution in [1.82, 2.24) is 34.0 Å². The number of amides is 1. The number of aryl methyl sites for hydroxylation is 1. The number of para-hydroxylation sites is 2. The summed E-state index contributed by atoms with van der Waals surface area (Å²) in [6, 6.07) is 27.1. The number of carbonyl (C=O) groups is 1. The molecule has 1 aliphatic heterocycles. The molecular weight excluding hydrogens is 711 g/mol. The van der Waals surface area contributed by atoms with Gasteiger partial charge >= 0.3 is 6.09 Å². The summed E-state index contributed by atoms with van der Waals surface area (Å²) in [6.45, 7) is 13.6.